The van der Waals surface area contributed by atoms with Crippen molar-refractivity contribution in [1.29, 1.82) is 0 Å². The second-order valence-electron chi connectivity index (χ2n) is 7.63. The maximum atomic E-state index is 2.44. The Balaban J connectivity index is 2.05. The van der Waals surface area contributed by atoms with Crippen LogP contribution in [0.1, 0.15) is 63.1 Å². The second kappa shape index (κ2) is 6.95. The molecule has 1 aliphatic rings. The van der Waals surface area contributed by atoms with Gasteiger partial charge >= 0.3 is 0 Å². The lowest BCUT2D eigenvalue weighted by Crippen LogP contribution is -2.37. The van der Waals surface area contributed by atoms with Crippen molar-refractivity contribution in [1.82, 2.24) is 0 Å². The number of rotatable bonds is 4. The molecule has 2 nitrogen and oxygen atoms in total. The monoisotopic (exact) mass is 334 g/mol. The SMILES string of the molecule is Cc1ccccc1N1C=CN(c2c(C(C)C)cccc2C(C)C)[C@H]1C. The van der Waals surface area contributed by atoms with Crippen molar-refractivity contribution in [2.45, 2.75) is 59.5 Å². The fourth-order valence-corrected chi connectivity index (χ4v) is 3.73. The average molecular weight is 335 g/mol. The summed E-state index contributed by atoms with van der Waals surface area (Å²) in [6.45, 7) is 13.6. The molecule has 1 aliphatic heterocycles. The summed E-state index contributed by atoms with van der Waals surface area (Å²) in [5.41, 5.74) is 6.82. The molecule has 0 amide bonds. The highest BCUT2D eigenvalue weighted by Crippen LogP contribution is 2.39. The van der Waals surface area contributed by atoms with Gasteiger partial charge in [-0.1, -0.05) is 64.1 Å². The van der Waals surface area contributed by atoms with Crippen molar-refractivity contribution in [3.8, 4) is 0 Å². The summed E-state index contributed by atoms with van der Waals surface area (Å²) >= 11 is 0. The van der Waals surface area contributed by atoms with Crippen LogP contribution in [0.4, 0.5) is 11.4 Å². The fourth-order valence-electron chi connectivity index (χ4n) is 3.73. The maximum absolute atomic E-state index is 2.44. The minimum atomic E-state index is 0.262. The van der Waals surface area contributed by atoms with Crippen molar-refractivity contribution >= 4 is 11.4 Å². The van der Waals surface area contributed by atoms with Gasteiger partial charge in [0.15, 0.2) is 0 Å². The summed E-state index contributed by atoms with van der Waals surface area (Å²) in [5, 5.41) is 0. The second-order valence-corrected chi connectivity index (χ2v) is 7.63. The molecule has 1 atom stereocenters. The summed E-state index contributed by atoms with van der Waals surface area (Å²) in [4.78, 5) is 4.81. The third-order valence-electron chi connectivity index (χ3n) is 5.19. The standard InChI is InChI=1S/C23H30N2/c1-16(2)20-11-9-12-21(17(3)4)23(20)25-15-14-24(19(25)6)22-13-8-7-10-18(22)5/h7-17,19H,1-6H3/t19-/m0/s1. The smallest absolute Gasteiger partial charge is 0.107 e. The largest absolute Gasteiger partial charge is 0.325 e. The predicted molar refractivity (Wildman–Crippen MR) is 109 cm³/mol. The molecule has 0 saturated carbocycles. The van der Waals surface area contributed by atoms with Gasteiger partial charge in [-0.05, 0) is 48.4 Å². The minimum absolute atomic E-state index is 0.262. The van der Waals surface area contributed by atoms with Gasteiger partial charge in [-0.15, -0.1) is 0 Å². The molecule has 2 aromatic carbocycles. The highest BCUT2D eigenvalue weighted by atomic mass is 15.4. The topological polar surface area (TPSA) is 6.48 Å². The van der Waals surface area contributed by atoms with Gasteiger partial charge in [-0.2, -0.15) is 0 Å². The Kier molecular flexibility index (Phi) is 4.89. The lowest BCUT2D eigenvalue weighted by molar-refractivity contribution is 0.727. The van der Waals surface area contributed by atoms with Crippen molar-refractivity contribution in [2.75, 3.05) is 9.80 Å². The molecule has 0 radical (unpaired) electrons. The summed E-state index contributed by atoms with van der Waals surface area (Å²) in [5.74, 6) is 1.00. The molecule has 0 bridgehead atoms. The first kappa shape index (κ1) is 17.6. The number of para-hydroxylation sites is 2. The molecule has 2 aromatic rings. The van der Waals surface area contributed by atoms with Crippen molar-refractivity contribution in [2.24, 2.45) is 0 Å². The van der Waals surface area contributed by atoms with Gasteiger partial charge in [0.2, 0.25) is 0 Å². The fraction of sp³-hybridized carbons (Fsp3) is 0.391. The van der Waals surface area contributed by atoms with Crippen LogP contribution in [0.25, 0.3) is 0 Å². The van der Waals surface area contributed by atoms with Crippen LogP contribution >= 0.6 is 0 Å². The van der Waals surface area contributed by atoms with Gasteiger partial charge in [0, 0.05) is 23.8 Å². The molecule has 25 heavy (non-hydrogen) atoms. The first-order valence-corrected chi connectivity index (χ1v) is 9.35. The third kappa shape index (κ3) is 3.18. The van der Waals surface area contributed by atoms with Crippen molar-refractivity contribution < 1.29 is 0 Å². The minimum Gasteiger partial charge on any atom is -0.325 e. The van der Waals surface area contributed by atoms with E-state index in [9.17, 15) is 0 Å². The van der Waals surface area contributed by atoms with Crippen LogP contribution < -0.4 is 9.80 Å². The molecular formula is C23H30N2. The van der Waals surface area contributed by atoms with Crippen LogP contribution in [-0.4, -0.2) is 6.17 Å². The number of benzene rings is 2. The zero-order chi connectivity index (χ0) is 18.1. The molecule has 132 valence electrons. The van der Waals surface area contributed by atoms with E-state index in [1.165, 1.54) is 28.1 Å². The molecule has 0 aliphatic carbocycles. The van der Waals surface area contributed by atoms with Crippen molar-refractivity contribution in [3.63, 3.8) is 0 Å². The molecule has 0 saturated heterocycles. The summed E-state index contributed by atoms with van der Waals surface area (Å²) in [6.07, 6.45) is 4.72. The Morgan fingerprint density at radius 2 is 1.32 bits per heavy atom. The molecule has 0 aromatic heterocycles. The quantitative estimate of drug-likeness (QED) is 0.639. The number of anilines is 2. The van der Waals surface area contributed by atoms with Crippen LogP contribution in [0.3, 0.4) is 0 Å². The van der Waals surface area contributed by atoms with Crippen molar-refractivity contribution in [3.05, 3.63) is 71.6 Å². The summed E-state index contributed by atoms with van der Waals surface area (Å²) < 4.78 is 0. The van der Waals surface area contributed by atoms with E-state index in [0.29, 0.717) is 11.8 Å². The zero-order valence-electron chi connectivity index (χ0n) is 16.3. The highest BCUT2D eigenvalue weighted by molar-refractivity contribution is 5.69. The van der Waals surface area contributed by atoms with Gasteiger partial charge in [-0.3, -0.25) is 0 Å². The Hall–Kier alpha value is -2.22. The Bertz CT molecular complexity index is 747. The first-order valence-electron chi connectivity index (χ1n) is 9.35. The lowest BCUT2D eigenvalue weighted by Gasteiger charge is -2.34. The molecule has 3 rings (SSSR count). The van der Waals surface area contributed by atoms with Gasteiger partial charge in [0.25, 0.3) is 0 Å². The summed E-state index contributed by atoms with van der Waals surface area (Å²) in [6, 6.07) is 15.4. The Morgan fingerprint density at radius 1 is 0.760 bits per heavy atom. The van der Waals surface area contributed by atoms with E-state index in [1.54, 1.807) is 0 Å². The molecule has 0 fully saturated rings. The van der Waals surface area contributed by atoms with Gasteiger partial charge < -0.3 is 9.80 Å². The van der Waals surface area contributed by atoms with Crippen LogP contribution in [0.15, 0.2) is 54.9 Å². The predicted octanol–water partition coefficient (Wildman–Crippen LogP) is 6.39. The molecule has 0 spiro atoms. The number of nitrogens with zero attached hydrogens (tertiary/aromatic N) is 2. The molecule has 0 N–H and O–H groups in total. The van der Waals surface area contributed by atoms with E-state index in [2.05, 4.69) is 106 Å². The highest BCUT2D eigenvalue weighted by Gasteiger charge is 2.29. The lowest BCUT2D eigenvalue weighted by atomic mass is 9.92. The number of hydrogen-bond acceptors (Lipinski definition) is 2. The van der Waals surface area contributed by atoms with Crippen LogP contribution in [0.5, 0.6) is 0 Å². The van der Waals surface area contributed by atoms with Gasteiger partial charge in [-0.25, -0.2) is 0 Å². The van der Waals surface area contributed by atoms with E-state index < -0.39 is 0 Å². The molecular weight excluding hydrogens is 304 g/mol. The van der Waals surface area contributed by atoms with E-state index in [-0.39, 0.29) is 6.17 Å². The molecule has 0 unspecified atom stereocenters. The van der Waals surface area contributed by atoms with Crippen LogP contribution in [0.2, 0.25) is 0 Å². The Labute approximate surface area is 152 Å². The number of hydrogen-bond donors (Lipinski definition) is 0. The average Bonchev–Trinajstić information content (AvgIpc) is 2.95. The maximum Gasteiger partial charge on any atom is 0.107 e. The van der Waals surface area contributed by atoms with Gasteiger partial charge in [0.05, 0.1) is 0 Å². The third-order valence-corrected chi connectivity index (χ3v) is 5.19. The van der Waals surface area contributed by atoms with E-state index in [4.69, 9.17) is 0 Å². The zero-order valence-corrected chi connectivity index (χ0v) is 16.3. The Morgan fingerprint density at radius 3 is 1.88 bits per heavy atom. The van der Waals surface area contributed by atoms with Crippen LogP contribution in [-0.2, 0) is 0 Å². The normalized spacial score (nSPS) is 17.2. The molecule has 2 heteroatoms. The van der Waals surface area contributed by atoms with Crippen LogP contribution in [0, 0.1) is 6.92 Å². The van der Waals surface area contributed by atoms with E-state index in [0.717, 1.165) is 0 Å². The molecule has 1 heterocycles. The van der Waals surface area contributed by atoms with Gasteiger partial charge in [0.1, 0.15) is 6.17 Å². The summed E-state index contributed by atoms with van der Waals surface area (Å²) in [7, 11) is 0. The first-order chi connectivity index (χ1) is 11.9. The van der Waals surface area contributed by atoms with E-state index >= 15 is 0 Å². The van der Waals surface area contributed by atoms with E-state index in [1.807, 2.05) is 0 Å². The number of aryl methyl sites for hydroxylation is 1.